The molecule has 4 aromatic rings. The van der Waals surface area contributed by atoms with Gasteiger partial charge in [-0.05, 0) is 43.4 Å². The third kappa shape index (κ3) is 4.04. The summed E-state index contributed by atoms with van der Waals surface area (Å²) in [5, 5.41) is 8.30. The van der Waals surface area contributed by atoms with Gasteiger partial charge >= 0.3 is 0 Å². The lowest BCUT2D eigenvalue weighted by atomic mass is 9.99. The summed E-state index contributed by atoms with van der Waals surface area (Å²) in [6.45, 7) is 3.85. The molecule has 3 aromatic heterocycles. The van der Waals surface area contributed by atoms with Crippen LogP contribution in [0.5, 0.6) is 0 Å². The zero-order valence-electron chi connectivity index (χ0n) is 17.0. The number of thioether (sulfide) groups is 1. The van der Waals surface area contributed by atoms with Crippen molar-refractivity contribution in [2.75, 3.05) is 6.26 Å². The maximum atomic E-state index is 13.1. The molecule has 4 rings (SSSR count). The molecule has 0 aliphatic heterocycles. The minimum atomic E-state index is -0.256. The average Bonchev–Trinajstić information content (AvgIpc) is 3.19. The number of rotatable bonds is 6. The maximum absolute atomic E-state index is 13.1. The minimum Gasteiger partial charge on any atom is -0.345 e. The predicted octanol–water partition coefficient (Wildman–Crippen LogP) is 3.31. The van der Waals surface area contributed by atoms with Gasteiger partial charge in [-0.15, -0.1) is 5.10 Å². The van der Waals surface area contributed by atoms with Crippen LogP contribution in [0.4, 0.5) is 0 Å². The van der Waals surface area contributed by atoms with E-state index in [1.165, 1.54) is 11.8 Å². The first kappa shape index (κ1) is 20.0. The van der Waals surface area contributed by atoms with Crippen molar-refractivity contribution in [1.29, 1.82) is 0 Å². The Bertz CT molecular complexity index is 1140. The van der Waals surface area contributed by atoms with Crippen molar-refractivity contribution in [3.8, 4) is 0 Å². The van der Waals surface area contributed by atoms with Crippen LogP contribution in [-0.4, -0.2) is 36.7 Å². The van der Waals surface area contributed by atoms with Crippen molar-refractivity contribution in [1.82, 2.24) is 29.9 Å². The fourth-order valence-electron chi connectivity index (χ4n) is 3.47. The van der Waals surface area contributed by atoms with Crippen molar-refractivity contribution in [3.63, 3.8) is 0 Å². The van der Waals surface area contributed by atoms with Gasteiger partial charge in [0, 0.05) is 29.3 Å². The third-order valence-corrected chi connectivity index (χ3v) is 5.57. The Morgan fingerprint density at radius 3 is 2.47 bits per heavy atom. The smallest absolute Gasteiger partial charge is 0.253 e. The Morgan fingerprint density at radius 2 is 1.77 bits per heavy atom. The lowest BCUT2D eigenvalue weighted by molar-refractivity contribution is -0.121. The standard InChI is InChI=1S/C22H22N6OS/c1-14-18(15(2)28-21(24-14)26-22(27-28)30-3)13-19(29)25-20(16-7-5-4-6-8-16)17-9-11-23-12-10-17/h4-12,20H,13H2,1-3H3,(H,25,29). The van der Waals surface area contributed by atoms with Crippen LogP contribution in [0, 0.1) is 13.8 Å². The number of aromatic nitrogens is 5. The van der Waals surface area contributed by atoms with Crippen LogP contribution < -0.4 is 5.32 Å². The van der Waals surface area contributed by atoms with E-state index in [4.69, 9.17) is 0 Å². The van der Waals surface area contributed by atoms with E-state index in [0.717, 1.165) is 28.1 Å². The second-order valence-corrected chi connectivity index (χ2v) is 7.71. The van der Waals surface area contributed by atoms with Crippen LogP contribution in [0.15, 0.2) is 60.0 Å². The number of fused-ring (bicyclic) bond motifs is 1. The number of nitrogens with zero attached hydrogens (tertiary/aromatic N) is 5. The predicted molar refractivity (Wildman–Crippen MR) is 116 cm³/mol. The van der Waals surface area contributed by atoms with Crippen molar-refractivity contribution in [2.24, 2.45) is 0 Å². The number of hydrogen-bond acceptors (Lipinski definition) is 6. The van der Waals surface area contributed by atoms with Gasteiger partial charge in [-0.2, -0.15) is 4.98 Å². The number of aryl methyl sites for hydroxylation is 2. The molecule has 7 nitrogen and oxygen atoms in total. The molecule has 3 heterocycles. The molecule has 1 aromatic carbocycles. The molecule has 1 atom stereocenters. The van der Waals surface area contributed by atoms with Gasteiger partial charge in [0.25, 0.3) is 5.78 Å². The molecule has 30 heavy (non-hydrogen) atoms. The Balaban J connectivity index is 1.63. The molecule has 0 aliphatic carbocycles. The summed E-state index contributed by atoms with van der Waals surface area (Å²) >= 11 is 1.47. The zero-order valence-corrected chi connectivity index (χ0v) is 17.8. The molecule has 1 amide bonds. The second kappa shape index (κ2) is 8.62. The van der Waals surface area contributed by atoms with Gasteiger partial charge in [0.2, 0.25) is 11.1 Å². The molecule has 0 saturated carbocycles. The van der Waals surface area contributed by atoms with Gasteiger partial charge in [0.05, 0.1) is 12.5 Å². The second-order valence-electron chi connectivity index (χ2n) is 6.94. The van der Waals surface area contributed by atoms with E-state index in [0.29, 0.717) is 10.9 Å². The van der Waals surface area contributed by atoms with Crippen molar-refractivity contribution >= 4 is 23.4 Å². The van der Waals surface area contributed by atoms with E-state index in [-0.39, 0.29) is 18.4 Å². The summed E-state index contributed by atoms with van der Waals surface area (Å²) in [5.74, 6) is 0.468. The number of nitrogens with one attached hydrogen (secondary N) is 1. The van der Waals surface area contributed by atoms with Gasteiger partial charge in [-0.25, -0.2) is 9.50 Å². The van der Waals surface area contributed by atoms with Crippen LogP contribution in [0.1, 0.15) is 34.1 Å². The Kier molecular flexibility index (Phi) is 5.76. The fraction of sp³-hybridized carbons (Fsp3) is 0.227. The topological polar surface area (TPSA) is 85.1 Å². The fourth-order valence-corrected chi connectivity index (χ4v) is 3.80. The molecule has 0 radical (unpaired) electrons. The molecule has 8 heteroatoms. The van der Waals surface area contributed by atoms with E-state index in [9.17, 15) is 4.79 Å². The van der Waals surface area contributed by atoms with E-state index in [2.05, 4.69) is 25.4 Å². The number of carbonyl (C=O) groups excluding carboxylic acids is 1. The highest BCUT2D eigenvalue weighted by Gasteiger charge is 2.20. The highest BCUT2D eigenvalue weighted by molar-refractivity contribution is 7.98. The van der Waals surface area contributed by atoms with E-state index < -0.39 is 0 Å². The van der Waals surface area contributed by atoms with Crippen molar-refractivity contribution in [2.45, 2.75) is 31.5 Å². The summed E-state index contributed by atoms with van der Waals surface area (Å²) < 4.78 is 1.71. The lowest BCUT2D eigenvalue weighted by Crippen LogP contribution is -2.31. The monoisotopic (exact) mass is 418 g/mol. The molecule has 1 unspecified atom stereocenters. The average molecular weight is 419 g/mol. The number of carbonyl (C=O) groups is 1. The first-order valence-electron chi connectivity index (χ1n) is 9.58. The maximum Gasteiger partial charge on any atom is 0.253 e. The van der Waals surface area contributed by atoms with Gasteiger partial charge in [0.15, 0.2) is 0 Å². The van der Waals surface area contributed by atoms with Gasteiger partial charge < -0.3 is 5.32 Å². The summed E-state index contributed by atoms with van der Waals surface area (Å²) in [6.07, 6.45) is 5.60. The molecular weight excluding hydrogens is 396 g/mol. The largest absolute Gasteiger partial charge is 0.345 e. The minimum absolute atomic E-state index is 0.0850. The molecule has 152 valence electrons. The first-order valence-corrected chi connectivity index (χ1v) is 10.8. The SMILES string of the molecule is CSc1nc2nc(C)c(CC(=O)NC(c3ccccc3)c3ccncc3)c(C)n2n1. The molecule has 0 saturated heterocycles. The first-order chi connectivity index (χ1) is 14.6. The highest BCUT2D eigenvalue weighted by Crippen LogP contribution is 2.22. The van der Waals surface area contributed by atoms with Gasteiger partial charge in [-0.3, -0.25) is 9.78 Å². The summed E-state index contributed by atoms with van der Waals surface area (Å²) in [4.78, 5) is 26.1. The van der Waals surface area contributed by atoms with E-state index >= 15 is 0 Å². The van der Waals surface area contributed by atoms with Crippen LogP contribution in [0.2, 0.25) is 0 Å². The van der Waals surface area contributed by atoms with Crippen LogP contribution >= 0.6 is 11.8 Å². The molecule has 0 fully saturated rings. The van der Waals surface area contributed by atoms with Gasteiger partial charge in [-0.1, -0.05) is 42.1 Å². The zero-order chi connectivity index (χ0) is 21.1. The molecule has 1 N–H and O–H groups in total. The number of benzene rings is 1. The Hall–Kier alpha value is -3.26. The number of amides is 1. The van der Waals surface area contributed by atoms with Crippen LogP contribution in [0.3, 0.4) is 0 Å². The summed E-state index contributed by atoms with van der Waals surface area (Å²) in [7, 11) is 0. The number of hydrogen-bond donors (Lipinski definition) is 1. The van der Waals surface area contributed by atoms with Crippen LogP contribution in [-0.2, 0) is 11.2 Å². The lowest BCUT2D eigenvalue weighted by Gasteiger charge is -2.20. The number of pyridine rings is 1. The quantitative estimate of drug-likeness (QED) is 0.484. The van der Waals surface area contributed by atoms with Crippen LogP contribution in [0.25, 0.3) is 5.78 Å². The summed E-state index contributed by atoms with van der Waals surface area (Å²) in [6, 6.07) is 13.5. The Labute approximate surface area is 179 Å². The molecule has 0 spiro atoms. The van der Waals surface area contributed by atoms with Crippen molar-refractivity contribution < 1.29 is 4.79 Å². The van der Waals surface area contributed by atoms with Gasteiger partial charge in [0.1, 0.15) is 0 Å². The third-order valence-electron chi connectivity index (χ3n) is 5.03. The molecule has 0 bridgehead atoms. The normalized spacial score (nSPS) is 12.1. The Morgan fingerprint density at radius 1 is 1.07 bits per heavy atom. The highest BCUT2D eigenvalue weighted by atomic mass is 32.2. The van der Waals surface area contributed by atoms with E-state index in [1.54, 1.807) is 16.9 Å². The summed E-state index contributed by atoms with van der Waals surface area (Å²) in [5.41, 5.74) is 4.52. The molecule has 0 aliphatic rings. The molecular formula is C22H22N6OS. The van der Waals surface area contributed by atoms with E-state index in [1.807, 2.05) is 62.6 Å². The van der Waals surface area contributed by atoms with Crippen molar-refractivity contribution in [3.05, 3.63) is 82.9 Å².